The average Bonchev–Trinajstić information content (AvgIpc) is 2.28. The lowest BCUT2D eigenvalue weighted by molar-refractivity contribution is -0.137. The summed E-state index contributed by atoms with van der Waals surface area (Å²) in [6, 6.07) is 5.68. The minimum Gasteiger partial charge on any atom is -0.480 e. The van der Waals surface area contributed by atoms with Crippen molar-refractivity contribution in [3.63, 3.8) is 0 Å². The largest absolute Gasteiger partial charge is 0.480 e. The zero-order valence-electron chi connectivity index (χ0n) is 10.0. The van der Waals surface area contributed by atoms with Crippen LogP contribution in [0.1, 0.15) is 13.3 Å². The van der Waals surface area contributed by atoms with E-state index in [0.29, 0.717) is 12.1 Å². The van der Waals surface area contributed by atoms with Gasteiger partial charge in [0.2, 0.25) is 10.0 Å². The van der Waals surface area contributed by atoms with Crippen molar-refractivity contribution < 1.29 is 18.3 Å². The van der Waals surface area contributed by atoms with Crippen LogP contribution in [0.25, 0.3) is 0 Å². The van der Waals surface area contributed by atoms with E-state index in [1.165, 1.54) is 24.3 Å². The molecular formula is C11H16N2O4S. The van der Waals surface area contributed by atoms with Crippen molar-refractivity contribution >= 4 is 21.7 Å². The summed E-state index contributed by atoms with van der Waals surface area (Å²) in [5.74, 6) is -1.18. The number of benzene rings is 1. The fraction of sp³-hybridized carbons (Fsp3) is 0.364. The number of rotatable bonds is 6. The van der Waals surface area contributed by atoms with Gasteiger partial charge in [-0.05, 0) is 30.7 Å². The van der Waals surface area contributed by atoms with Gasteiger partial charge < -0.3 is 10.8 Å². The fourth-order valence-corrected chi connectivity index (χ4v) is 2.95. The summed E-state index contributed by atoms with van der Waals surface area (Å²) in [6.45, 7) is 1.41. The molecule has 0 spiro atoms. The van der Waals surface area contributed by atoms with Gasteiger partial charge in [-0.15, -0.1) is 0 Å². The molecule has 0 aliphatic carbocycles. The third-order valence-corrected chi connectivity index (χ3v) is 4.16. The number of hydrogen-bond donors (Lipinski definition) is 2. The maximum absolute atomic E-state index is 12.2. The summed E-state index contributed by atoms with van der Waals surface area (Å²) in [5, 5.41) is 8.74. The van der Waals surface area contributed by atoms with Crippen molar-refractivity contribution in [3.05, 3.63) is 24.3 Å². The van der Waals surface area contributed by atoms with Crippen LogP contribution in [-0.2, 0) is 14.8 Å². The van der Waals surface area contributed by atoms with E-state index in [4.69, 9.17) is 10.8 Å². The third-order valence-electron chi connectivity index (χ3n) is 2.30. The van der Waals surface area contributed by atoms with Gasteiger partial charge in [-0.2, -0.15) is 4.31 Å². The molecule has 1 aromatic carbocycles. The Bertz CT molecular complexity index is 510. The van der Waals surface area contributed by atoms with E-state index in [2.05, 4.69) is 0 Å². The van der Waals surface area contributed by atoms with Crippen LogP contribution in [0.15, 0.2) is 29.2 Å². The summed E-state index contributed by atoms with van der Waals surface area (Å²) in [4.78, 5) is 10.7. The Balaban J connectivity index is 3.08. The highest BCUT2D eigenvalue weighted by atomic mass is 32.2. The average molecular weight is 272 g/mol. The van der Waals surface area contributed by atoms with E-state index in [0.717, 1.165) is 4.31 Å². The molecule has 1 aromatic rings. The number of anilines is 1. The van der Waals surface area contributed by atoms with Crippen LogP contribution in [0.4, 0.5) is 5.69 Å². The molecule has 0 atom stereocenters. The lowest BCUT2D eigenvalue weighted by Crippen LogP contribution is -2.36. The minimum atomic E-state index is -3.78. The van der Waals surface area contributed by atoms with Crippen LogP contribution in [0.3, 0.4) is 0 Å². The zero-order chi connectivity index (χ0) is 13.8. The second kappa shape index (κ2) is 5.83. The number of nitrogens with two attached hydrogens (primary N) is 1. The van der Waals surface area contributed by atoms with Crippen molar-refractivity contribution in [2.45, 2.75) is 18.2 Å². The minimum absolute atomic E-state index is 0.0476. The molecule has 0 heterocycles. The first-order chi connectivity index (χ1) is 8.37. The highest BCUT2D eigenvalue weighted by Crippen LogP contribution is 2.17. The van der Waals surface area contributed by atoms with Crippen molar-refractivity contribution in [3.8, 4) is 0 Å². The van der Waals surface area contributed by atoms with E-state index >= 15 is 0 Å². The standard InChI is InChI=1S/C11H16N2O4S/c1-2-7-13(8-11(14)15)18(16,17)10-5-3-9(12)4-6-10/h3-6H,2,7-8,12H2,1H3,(H,14,15). The van der Waals surface area contributed by atoms with Gasteiger partial charge in [0.15, 0.2) is 0 Å². The molecule has 1 rings (SSSR count). The molecular weight excluding hydrogens is 256 g/mol. The topological polar surface area (TPSA) is 101 Å². The second-order valence-corrected chi connectivity index (χ2v) is 5.74. The van der Waals surface area contributed by atoms with Crippen molar-refractivity contribution in [1.82, 2.24) is 4.31 Å². The fourth-order valence-electron chi connectivity index (χ4n) is 1.47. The molecule has 7 heteroatoms. The van der Waals surface area contributed by atoms with Crippen LogP contribution in [0, 0.1) is 0 Å². The van der Waals surface area contributed by atoms with Crippen molar-refractivity contribution in [2.24, 2.45) is 0 Å². The third kappa shape index (κ3) is 3.44. The lowest BCUT2D eigenvalue weighted by Gasteiger charge is -2.19. The molecule has 3 N–H and O–H groups in total. The molecule has 0 radical (unpaired) electrons. The molecule has 0 aliphatic rings. The van der Waals surface area contributed by atoms with Gasteiger partial charge in [-0.1, -0.05) is 6.92 Å². The van der Waals surface area contributed by atoms with Gasteiger partial charge in [0.05, 0.1) is 4.90 Å². The Kier molecular flexibility index (Phi) is 4.69. The normalized spacial score (nSPS) is 11.7. The van der Waals surface area contributed by atoms with E-state index in [9.17, 15) is 13.2 Å². The number of carboxylic acids is 1. The van der Waals surface area contributed by atoms with E-state index in [1.807, 2.05) is 0 Å². The number of sulfonamides is 1. The number of carboxylic acid groups (broad SMARTS) is 1. The summed E-state index contributed by atoms with van der Waals surface area (Å²) >= 11 is 0. The Morgan fingerprint density at radius 3 is 2.33 bits per heavy atom. The van der Waals surface area contributed by atoms with Crippen molar-refractivity contribution in [2.75, 3.05) is 18.8 Å². The first-order valence-corrected chi connectivity index (χ1v) is 6.89. The maximum Gasteiger partial charge on any atom is 0.318 e. The first kappa shape index (κ1) is 14.5. The molecule has 0 bridgehead atoms. The molecule has 0 amide bonds. The number of nitrogen functional groups attached to an aromatic ring is 1. The molecule has 6 nitrogen and oxygen atoms in total. The van der Waals surface area contributed by atoms with Crippen LogP contribution < -0.4 is 5.73 Å². The van der Waals surface area contributed by atoms with Gasteiger partial charge >= 0.3 is 5.97 Å². The monoisotopic (exact) mass is 272 g/mol. The Morgan fingerprint density at radius 1 is 1.33 bits per heavy atom. The van der Waals surface area contributed by atoms with Crippen LogP contribution >= 0.6 is 0 Å². The molecule has 0 saturated heterocycles. The van der Waals surface area contributed by atoms with Gasteiger partial charge in [0, 0.05) is 12.2 Å². The van der Waals surface area contributed by atoms with E-state index < -0.39 is 22.5 Å². The Morgan fingerprint density at radius 2 is 1.89 bits per heavy atom. The lowest BCUT2D eigenvalue weighted by atomic mass is 10.3. The van der Waals surface area contributed by atoms with Gasteiger partial charge in [-0.3, -0.25) is 4.79 Å². The summed E-state index contributed by atoms with van der Waals surface area (Å²) in [5.41, 5.74) is 5.94. The van der Waals surface area contributed by atoms with Crippen LogP contribution in [-0.4, -0.2) is 36.9 Å². The molecule has 0 saturated carbocycles. The number of hydrogen-bond acceptors (Lipinski definition) is 4. The molecule has 0 unspecified atom stereocenters. The predicted octanol–water partition coefficient (Wildman–Crippen LogP) is 0.754. The smallest absolute Gasteiger partial charge is 0.318 e. The Labute approximate surface area is 106 Å². The van der Waals surface area contributed by atoms with Crippen LogP contribution in [0.5, 0.6) is 0 Å². The van der Waals surface area contributed by atoms with Crippen LogP contribution in [0.2, 0.25) is 0 Å². The SMILES string of the molecule is CCCN(CC(=O)O)S(=O)(=O)c1ccc(N)cc1. The van der Waals surface area contributed by atoms with E-state index in [-0.39, 0.29) is 11.4 Å². The van der Waals surface area contributed by atoms with E-state index in [1.54, 1.807) is 6.92 Å². The van der Waals surface area contributed by atoms with Gasteiger partial charge in [-0.25, -0.2) is 8.42 Å². The number of carbonyl (C=O) groups is 1. The zero-order valence-corrected chi connectivity index (χ0v) is 10.9. The molecule has 0 aromatic heterocycles. The first-order valence-electron chi connectivity index (χ1n) is 5.45. The molecule has 100 valence electrons. The highest BCUT2D eigenvalue weighted by Gasteiger charge is 2.25. The highest BCUT2D eigenvalue weighted by molar-refractivity contribution is 7.89. The molecule has 0 aliphatic heterocycles. The molecule has 0 fully saturated rings. The summed E-state index contributed by atoms with van der Waals surface area (Å²) in [7, 11) is -3.78. The summed E-state index contributed by atoms with van der Waals surface area (Å²) < 4.78 is 25.3. The molecule has 18 heavy (non-hydrogen) atoms. The second-order valence-electron chi connectivity index (χ2n) is 3.80. The Hall–Kier alpha value is -1.60. The number of nitrogens with zero attached hydrogens (tertiary/aromatic N) is 1. The van der Waals surface area contributed by atoms with Crippen molar-refractivity contribution in [1.29, 1.82) is 0 Å². The maximum atomic E-state index is 12.2. The quantitative estimate of drug-likeness (QED) is 0.744. The van der Waals surface area contributed by atoms with Gasteiger partial charge in [0.25, 0.3) is 0 Å². The summed E-state index contributed by atoms with van der Waals surface area (Å²) in [6.07, 6.45) is 0.543. The number of aliphatic carboxylic acids is 1. The predicted molar refractivity (Wildman–Crippen MR) is 67.5 cm³/mol. The van der Waals surface area contributed by atoms with Gasteiger partial charge in [0.1, 0.15) is 6.54 Å².